The first-order valence-electron chi connectivity index (χ1n) is 29.7. The third kappa shape index (κ3) is 15.3. The second kappa shape index (κ2) is 29.2. The number of hydrogen-bond acceptors (Lipinski definition) is 16. The Kier molecular flexibility index (Phi) is 20.2. The number of aromatic carboxylic acids is 2. The van der Waals surface area contributed by atoms with Crippen LogP contribution in [0.2, 0.25) is 10.0 Å². The molecule has 28 heteroatoms. The van der Waals surface area contributed by atoms with Crippen LogP contribution in [-0.2, 0) is 48.6 Å². The number of carbonyl (C=O) groups is 4. The minimum Gasteiger partial charge on any atom is -0.478 e. The number of carboxylic acids is 2. The van der Waals surface area contributed by atoms with Crippen LogP contribution in [0.5, 0.6) is 11.8 Å². The Bertz CT molecular complexity index is 4490. The highest BCUT2D eigenvalue weighted by atomic mass is 35.5. The zero-order valence-electron chi connectivity index (χ0n) is 50.8. The van der Waals surface area contributed by atoms with Crippen molar-refractivity contribution in [2.24, 2.45) is 0 Å². The van der Waals surface area contributed by atoms with Crippen LogP contribution in [0.25, 0.3) is 44.6 Å². The lowest BCUT2D eigenvalue weighted by atomic mass is 10.0. The number of nitrogens with zero attached hydrogens (tertiary/aromatic N) is 10. The SMILES string of the molecule is C[C@H](C#N)NC(=O)c1cc(Cl)c(COc2cccc(-c3cc(F)c(Cc4nc5ccc(C(=O)O)cc5n4CC4CCO4)cc3F)n2)cn1.C[C@H](C#N)NC(=O)c1cc(Cl)c(COc2cccc(-c3cc(F)c(Cc4nc5ccc(C(=O)O)cc5n4CC4CCO4)cc3F)n2)cn1. The molecule has 6 aromatic heterocycles. The minimum atomic E-state index is -1.08. The normalized spacial score (nSPS) is 14.6. The van der Waals surface area contributed by atoms with Crippen molar-refractivity contribution in [2.75, 3.05) is 13.2 Å². The van der Waals surface area contributed by atoms with Crippen molar-refractivity contribution in [1.82, 2.24) is 49.7 Å². The highest BCUT2D eigenvalue weighted by molar-refractivity contribution is 6.32. The Balaban J connectivity index is 0.000000195. The summed E-state index contributed by atoms with van der Waals surface area (Å²) in [6.07, 6.45) is 4.11. The number of rotatable bonds is 22. The first kappa shape index (κ1) is 66.6. The summed E-state index contributed by atoms with van der Waals surface area (Å²) in [5.41, 5.74) is 3.60. The first-order chi connectivity index (χ1) is 46.2. The number of imidazole rings is 2. The Morgan fingerprint density at radius 1 is 0.583 bits per heavy atom. The van der Waals surface area contributed by atoms with E-state index in [0.717, 1.165) is 37.1 Å². The largest absolute Gasteiger partial charge is 0.478 e. The average molecular weight is 1350 g/mol. The number of nitriles is 2. The van der Waals surface area contributed by atoms with Crippen molar-refractivity contribution in [3.63, 3.8) is 0 Å². The van der Waals surface area contributed by atoms with Crippen molar-refractivity contribution in [3.05, 3.63) is 211 Å². The van der Waals surface area contributed by atoms with E-state index >= 15 is 17.6 Å². The smallest absolute Gasteiger partial charge is 0.335 e. The molecule has 2 aliphatic rings. The van der Waals surface area contributed by atoms with Crippen LogP contribution >= 0.6 is 23.2 Å². The Morgan fingerprint density at radius 3 is 1.34 bits per heavy atom. The van der Waals surface area contributed by atoms with Gasteiger partial charge in [-0.2, -0.15) is 10.5 Å². The van der Waals surface area contributed by atoms with Crippen LogP contribution in [0, 0.1) is 45.9 Å². The average Bonchev–Trinajstić information content (AvgIpc) is 1.53. The molecular weight excluding hydrogens is 1290 g/mol. The molecule has 4 atom stereocenters. The molecule has 12 rings (SSSR count). The zero-order chi connectivity index (χ0) is 67.9. The van der Waals surface area contributed by atoms with E-state index in [-0.39, 0.29) is 116 Å². The lowest BCUT2D eigenvalue weighted by Crippen LogP contribution is -2.31. The number of aromatic nitrogens is 8. The lowest BCUT2D eigenvalue weighted by Gasteiger charge is -2.27. The highest BCUT2D eigenvalue weighted by Crippen LogP contribution is 2.33. The van der Waals surface area contributed by atoms with Crippen LogP contribution in [0.15, 0.2) is 122 Å². The van der Waals surface area contributed by atoms with E-state index in [0.29, 0.717) is 71.1 Å². The summed E-state index contributed by atoms with van der Waals surface area (Å²) in [6.45, 7) is 4.96. The molecule has 0 bridgehead atoms. The van der Waals surface area contributed by atoms with E-state index in [1.807, 2.05) is 12.1 Å². The number of benzene rings is 4. The third-order valence-corrected chi connectivity index (χ3v) is 16.3. The molecule has 0 saturated carbocycles. The van der Waals surface area contributed by atoms with Gasteiger partial charge in [0.1, 0.15) is 71.6 Å². The van der Waals surface area contributed by atoms with Gasteiger partial charge in [0.2, 0.25) is 11.8 Å². The second-order valence-electron chi connectivity index (χ2n) is 22.3. The van der Waals surface area contributed by atoms with Crippen molar-refractivity contribution in [2.45, 2.75) is 90.1 Å². The predicted molar refractivity (Wildman–Crippen MR) is 339 cm³/mol. The summed E-state index contributed by atoms with van der Waals surface area (Å²) < 4.78 is 88.5. The van der Waals surface area contributed by atoms with Gasteiger partial charge in [-0.05, 0) is 123 Å². The van der Waals surface area contributed by atoms with Crippen LogP contribution in [0.4, 0.5) is 17.6 Å². The van der Waals surface area contributed by atoms with Crippen molar-refractivity contribution >= 4 is 69.0 Å². The number of carboxylic acid groups (broad SMARTS) is 2. The fraction of sp³-hybridized carbons (Fsp3) is 0.235. The number of amides is 2. The maximum atomic E-state index is 15.6. The van der Waals surface area contributed by atoms with Gasteiger partial charge in [0.15, 0.2) is 0 Å². The third-order valence-electron chi connectivity index (χ3n) is 15.6. The number of halogens is 6. The van der Waals surface area contributed by atoms with E-state index in [4.69, 9.17) is 52.7 Å². The molecule has 4 aromatic carbocycles. The first-order valence-corrected chi connectivity index (χ1v) is 30.5. The molecule has 2 aliphatic heterocycles. The van der Waals surface area contributed by atoms with Gasteiger partial charge in [-0.3, -0.25) is 19.6 Å². The van der Waals surface area contributed by atoms with Crippen molar-refractivity contribution in [3.8, 4) is 46.4 Å². The lowest BCUT2D eigenvalue weighted by molar-refractivity contribution is -0.0591. The van der Waals surface area contributed by atoms with Crippen LogP contribution in [0.1, 0.15) is 102 Å². The van der Waals surface area contributed by atoms with Crippen molar-refractivity contribution < 1.29 is 65.9 Å². The van der Waals surface area contributed by atoms with Gasteiger partial charge in [-0.15, -0.1) is 0 Å². The van der Waals surface area contributed by atoms with Gasteiger partial charge in [0.05, 0.1) is 92.1 Å². The van der Waals surface area contributed by atoms with Crippen molar-refractivity contribution in [1.29, 1.82) is 10.5 Å². The van der Waals surface area contributed by atoms with Gasteiger partial charge in [0.25, 0.3) is 11.8 Å². The Labute approximate surface area is 553 Å². The molecule has 22 nitrogen and oxygen atoms in total. The van der Waals surface area contributed by atoms with E-state index in [1.54, 1.807) is 45.5 Å². The summed E-state index contributed by atoms with van der Waals surface area (Å²) in [5.74, 6) is -4.90. The molecule has 0 spiro atoms. The minimum absolute atomic E-state index is 0.0314. The topological polar surface area (TPSA) is 304 Å². The van der Waals surface area contributed by atoms with E-state index in [9.17, 15) is 29.4 Å². The highest BCUT2D eigenvalue weighted by Gasteiger charge is 2.27. The van der Waals surface area contributed by atoms with Crippen LogP contribution < -0.4 is 20.1 Å². The van der Waals surface area contributed by atoms with E-state index in [2.05, 4.69) is 40.5 Å². The number of ether oxygens (including phenoxy) is 4. The summed E-state index contributed by atoms with van der Waals surface area (Å²) in [4.78, 5) is 73.7. The van der Waals surface area contributed by atoms with E-state index in [1.165, 1.54) is 74.8 Å². The Hall–Kier alpha value is -10.9. The summed E-state index contributed by atoms with van der Waals surface area (Å²) in [7, 11) is 0. The van der Waals surface area contributed by atoms with Crippen LogP contribution in [-0.4, -0.2) is 111 Å². The molecular formula is C68H54Cl2F4N12O10. The summed E-state index contributed by atoms with van der Waals surface area (Å²) >= 11 is 12.6. The molecule has 488 valence electrons. The summed E-state index contributed by atoms with van der Waals surface area (Å²) in [6, 6.07) is 27.9. The van der Waals surface area contributed by atoms with E-state index < -0.39 is 59.1 Å². The molecule has 2 fully saturated rings. The molecule has 2 saturated heterocycles. The molecule has 0 aliphatic carbocycles. The summed E-state index contributed by atoms with van der Waals surface area (Å²) in [5, 5.41) is 42.1. The van der Waals surface area contributed by atoms with Gasteiger partial charge < -0.3 is 48.9 Å². The standard InChI is InChI=1S/2C34H27ClF2N6O5/c2*1-18(14-38)40-33(44)29-13-24(35)21(15-39-29)17-48-32-4-2-3-27(42-32)23-12-25(36)20(9-26(23)37)11-31-41-28-6-5-19(34(45)46)10-30(28)43(31)16-22-7-8-47-22/h2*2-6,9-10,12-13,15,18,22H,7-8,11,16-17H2,1H3,(H,40,44)(H,45,46)/t2*18-,22?/m11/s1. The molecule has 2 amide bonds. The molecule has 10 aromatic rings. The fourth-order valence-electron chi connectivity index (χ4n) is 10.3. The Morgan fingerprint density at radius 2 is 0.990 bits per heavy atom. The quantitative estimate of drug-likeness (QED) is 0.0458. The molecule has 0 radical (unpaired) electrons. The number of fused-ring (bicyclic) bond motifs is 2. The maximum absolute atomic E-state index is 15.6. The number of nitrogens with one attached hydrogen (secondary N) is 2. The molecule has 8 heterocycles. The van der Waals surface area contributed by atoms with Crippen LogP contribution in [0.3, 0.4) is 0 Å². The van der Waals surface area contributed by atoms with Gasteiger partial charge in [-0.1, -0.05) is 35.3 Å². The molecule has 4 N–H and O–H groups in total. The maximum Gasteiger partial charge on any atom is 0.335 e. The predicted octanol–water partition coefficient (Wildman–Crippen LogP) is 11.4. The second-order valence-corrected chi connectivity index (χ2v) is 23.1. The zero-order valence-corrected chi connectivity index (χ0v) is 52.3. The molecule has 2 unspecified atom stereocenters. The van der Waals surface area contributed by atoms with Gasteiger partial charge in [-0.25, -0.2) is 47.1 Å². The number of carbonyl (C=O) groups excluding carboxylic acids is 2. The number of pyridine rings is 4. The monoisotopic (exact) mass is 1340 g/mol. The van der Waals surface area contributed by atoms with Gasteiger partial charge >= 0.3 is 11.9 Å². The fourth-order valence-corrected chi connectivity index (χ4v) is 10.7. The number of hydrogen-bond donors (Lipinski definition) is 4. The van der Waals surface area contributed by atoms with Gasteiger partial charge in [0, 0.05) is 72.8 Å². The molecule has 96 heavy (non-hydrogen) atoms.